The summed E-state index contributed by atoms with van der Waals surface area (Å²) in [5.41, 5.74) is 20.6. The number of para-hydroxylation sites is 2. The van der Waals surface area contributed by atoms with Crippen molar-refractivity contribution in [3.05, 3.63) is 270 Å². The van der Waals surface area contributed by atoms with Crippen LogP contribution in [-0.2, 0) is 10.8 Å². The maximum absolute atomic E-state index is 2.59. The summed E-state index contributed by atoms with van der Waals surface area (Å²) in [5, 5.41) is 2.70. The van der Waals surface area contributed by atoms with Gasteiger partial charge in [-0.1, -0.05) is 246 Å². The Labute approximate surface area is 414 Å². The predicted molar refractivity (Wildman–Crippen MR) is 297 cm³/mol. The van der Waals surface area contributed by atoms with Crippen molar-refractivity contribution in [3.63, 3.8) is 0 Å². The molecule has 0 radical (unpaired) electrons. The van der Waals surface area contributed by atoms with E-state index in [1.807, 2.05) is 0 Å². The fourth-order valence-corrected chi connectivity index (χ4v) is 12.2. The third kappa shape index (κ3) is 7.39. The molecule has 0 aromatic heterocycles. The quantitative estimate of drug-likeness (QED) is 0.140. The van der Waals surface area contributed by atoms with E-state index in [0.717, 1.165) is 17.1 Å². The molecule has 10 aromatic carbocycles. The number of rotatable bonds is 9. The summed E-state index contributed by atoms with van der Waals surface area (Å²) in [4.78, 5) is 2.59. The molecule has 0 N–H and O–H groups in total. The van der Waals surface area contributed by atoms with Gasteiger partial charge in [0.2, 0.25) is 0 Å². The van der Waals surface area contributed by atoms with E-state index in [9.17, 15) is 0 Å². The van der Waals surface area contributed by atoms with Gasteiger partial charge in [0.1, 0.15) is 0 Å². The third-order valence-corrected chi connectivity index (χ3v) is 15.5. The zero-order valence-electron chi connectivity index (χ0n) is 40.6. The Morgan fingerprint density at radius 1 is 0.386 bits per heavy atom. The first-order valence-corrected chi connectivity index (χ1v) is 25.5. The van der Waals surface area contributed by atoms with Gasteiger partial charge in [-0.3, -0.25) is 0 Å². The molecule has 0 spiro atoms. The monoisotopic (exact) mass is 901 g/mol. The molecule has 340 valence electrons. The lowest BCUT2D eigenvalue weighted by Crippen LogP contribution is -2.28. The normalized spacial score (nSPS) is 14.3. The lowest BCUT2D eigenvalue weighted by Gasteiger charge is -2.34. The Balaban J connectivity index is 1.14. The molecule has 1 fully saturated rings. The molecular weight excluding hydrogens is 843 g/mol. The summed E-state index contributed by atoms with van der Waals surface area (Å²) >= 11 is 0. The standard InChI is InChI=1S/C69H59N/c1-68(2,3)54-43-45-66(61(47-54)49-26-10-5-11-27-49)70(65-41-21-18-36-59(65)60-38-23-29-50-28-22-37-56(67(50)60)48-24-8-4-9-25-48)64-40-20-17-34-55(64)51-42-44-58-57-35-16-19-39-62(57)69(63(58)46-51,52-30-12-6-13-31-52)53-32-14-7-15-33-53/h5-7,10-23,26-48H,4,8-9,24-25H2,1-3H3. The highest BCUT2D eigenvalue weighted by atomic mass is 15.1. The second-order valence-corrected chi connectivity index (χ2v) is 20.6. The van der Waals surface area contributed by atoms with Gasteiger partial charge in [0, 0.05) is 16.7 Å². The van der Waals surface area contributed by atoms with E-state index in [-0.39, 0.29) is 5.41 Å². The molecule has 0 atom stereocenters. The van der Waals surface area contributed by atoms with Crippen LogP contribution in [0.1, 0.15) is 92.2 Å². The van der Waals surface area contributed by atoms with Gasteiger partial charge >= 0.3 is 0 Å². The summed E-state index contributed by atoms with van der Waals surface area (Å²) in [6, 6.07) is 89.1. The summed E-state index contributed by atoms with van der Waals surface area (Å²) in [5.74, 6) is 0.557. The van der Waals surface area contributed by atoms with E-state index in [0.29, 0.717) is 5.92 Å². The van der Waals surface area contributed by atoms with Crippen molar-refractivity contribution in [2.75, 3.05) is 4.90 Å². The molecule has 10 aromatic rings. The summed E-state index contributed by atoms with van der Waals surface area (Å²) in [6.07, 6.45) is 6.42. The average Bonchev–Trinajstić information content (AvgIpc) is 3.72. The van der Waals surface area contributed by atoms with Crippen LogP contribution in [0.2, 0.25) is 0 Å². The second kappa shape index (κ2) is 18.0. The molecule has 1 heteroatoms. The zero-order valence-corrected chi connectivity index (χ0v) is 40.6. The molecule has 0 unspecified atom stereocenters. The molecule has 0 bridgehead atoms. The van der Waals surface area contributed by atoms with Crippen molar-refractivity contribution in [1.29, 1.82) is 0 Å². The van der Waals surface area contributed by atoms with E-state index < -0.39 is 5.41 Å². The highest BCUT2D eigenvalue weighted by Gasteiger charge is 2.46. The fraction of sp³-hybridized carbons (Fsp3) is 0.159. The first-order chi connectivity index (χ1) is 34.4. The number of hydrogen-bond donors (Lipinski definition) is 0. The second-order valence-electron chi connectivity index (χ2n) is 20.6. The SMILES string of the molecule is CC(C)(C)c1ccc(N(c2ccccc2-c2ccc3c(c2)C(c2ccccc2)(c2ccccc2)c2ccccc2-3)c2ccccc2-c2cccc3cccc(C4CCCCC4)c23)c(-c2ccccc2)c1. The molecule has 0 saturated heterocycles. The van der Waals surface area contributed by atoms with Gasteiger partial charge in [0.25, 0.3) is 0 Å². The highest BCUT2D eigenvalue weighted by Crippen LogP contribution is 2.58. The van der Waals surface area contributed by atoms with Gasteiger partial charge in [0.05, 0.1) is 22.5 Å². The topological polar surface area (TPSA) is 3.24 Å². The molecular formula is C69H59N. The molecule has 1 saturated carbocycles. The van der Waals surface area contributed by atoms with Crippen LogP contribution in [0.4, 0.5) is 17.1 Å². The Kier molecular flexibility index (Phi) is 11.2. The van der Waals surface area contributed by atoms with Crippen molar-refractivity contribution in [1.82, 2.24) is 0 Å². The van der Waals surface area contributed by atoms with Gasteiger partial charge in [0.15, 0.2) is 0 Å². The van der Waals surface area contributed by atoms with Crippen LogP contribution in [0, 0.1) is 0 Å². The predicted octanol–water partition coefficient (Wildman–Crippen LogP) is 19.0. The summed E-state index contributed by atoms with van der Waals surface area (Å²) in [6.45, 7) is 6.96. The molecule has 0 aliphatic heterocycles. The molecule has 2 aliphatic carbocycles. The molecule has 70 heavy (non-hydrogen) atoms. The molecule has 12 rings (SSSR count). The van der Waals surface area contributed by atoms with Crippen LogP contribution < -0.4 is 4.90 Å². The number of benzene rings is 10. The molecule has 2 aliphatic rings. The zero-order chi connectivity index (χ0) is 47.2. The van der Waals surface area contributed by atoms with E-state index >= 15 is 0 Å². The number of hydrogen-bond acceptors (Lipinski definition) is 1. The Morgan fingerprint density at radius 3 is 1.61 bits per heavy atom. The minimum Gasteiger partial charge on any atom is -0.309 e. The van der Waals surface area contributed by atoms with Gasteiger partial charge in [-0.25, -0.2) is 0 Å². The van der Waals surface area contributed by atoms with Crippen LogP contribution >= 0.6 is 0 Å². The van der Waals surface area contributed by atoms with Crippen molar-refractivity contribution >= 4 is 27.8 Å². The number of anilines is 3. The summed E-state index contributed by atoms with van der Waals surface area (Å²) in [7, 11) is 0. The summed E-state index contributed by atoms with van der Waals surface area (Å²) < 4.78 is 0. The van der Waals surface area contributed by atoms with Gasteiger partial charge in [-0.15, -0.1) is 0 Å². The van der Waals surface area contributed by atoms with Gasteiger partial charge in [-0.05, 0) is 126 Å². The third-order valence-electron chi connectivity index (χ3n) is 15.5. The maximum Gasteiger partial charge on any atom is 0.0713 e. The van der Waals surface area contributed by atoms with E-state index in [1.165, 1.54) is 121 Å². The lowest BCUT2D eigenvalue weighted by molar-refractivity contribution is 0.445. The molecule has 0 heterocycles. The number of fused-ring (bicyclic) bond motifs is 4. The Morgan fingerprint density at radius 2 is 0.929 bits per heavy atom. The van der Waals surface area contributed by atoms with Gasteiger partial charge < -0.3 is 4.90 Å². The average molecular weight is 902 g/mol. The smallest absolute Gasteiger partial charge is 0.0713 e. The van der Waals surface area contributed by atoms with Crippen LogP contribution in [-0.4, -0.2) is 0 Å². The fourth-order valence-electron chi connectivity index (χ4n) is 12.2. The first-order valence-electron chi connectivity index (χ1n) is 25.5. The molecule has 0 amide bonds. The maximum atomic E-state index is 2.59. The number of nitrogens with zero attached hydrogens (tertiary/aromatic N) is 1. The van der Waals surface area contributed by atoms with E-state index in [4.69, 9.17) is 0 Å². The minimum absolute atomic E-state index is 0.0484. The Hall–Kier alpha value is -7.74. The first kappa shape index (κ1) is 43.5. The van der Waals surface area contributed by atoms with Crippen molar-refractivity contribution in [3.8, 4) is 44.5 Å². The van der Waals surface area contributed by atoms with Crippen LogP contribution in [0.5, 0.6) is 0 Å². The highest BCUT2D eigenvalue weighted by molar-refractivity contribution is 6.05. The van der Waals surface area contributed by atoms with Crippen molar-refractivity contribution in [2.45, 2.75) is 69.6 Å². The van der Waals surface area contributed by atoms with E-state index in [1.54, 1.807) is 0 Å². The van der Waals surface area contributed by atoms with Crippen LogP contribution in [0.3, 0.4) is 0 Å². The van der Waals surface area contributed by atoms with Crippen LogP contribution in [0.25, 0.3) is 55.3 Å². The largest absolute Gasteiger partial charge is 0.309 e. The van der Waals surface area contributed by atoms with Crippen molar-refractivity contribution in [2.24, 2.45) is 0 Å². The Bertz CT molecular complexity index is 3450. The molecule has 1 nitrogen and oxygen atoms in total. The van der Waals surface area contributed by atoms with Gasteiger partial charge in [-0.2, -0.15) is 0 Å². The lowest BCUT2D eigenvalue weighted by atomic mass is 9.67. The minimum atomic E-state index is -0.515. The van der Waals surface area contributed by atoms with Crippen LogP contribution in [0.15, 0.2) is 237 Å². The van der Waals surface area contributed by atoms with E-state index in [2.05, 4.69) is 262 Å². The van der Waals surface area contributed by atoms with Crippen molar-refractivity contribution < 1.29 is 0 Å².